The molecule has 0 spiro atoms. The van der Waals surface area contributed by atoms with Crippen LogP contribution >= 0.6 is 8.46 Å². The minimum atomic E-state index is -2.44. The fourth-order valence-electron chi connectivity index (χ4n) is 5.10. The van der Waals surface area contributed by atoms with Crippen LogP contribution in [0.4, 0.5) is 0 Å². The zero-order valence-corrected chi connectivity index (χ0v) is 23.5. The number of benzene rings is 6. The largest absolute Gasteiger partial charge is 0.269 e. The molecule has 0 bridgehead atoms. The summed E-state index contributed by atoms with van der Waals surface area (Å²) in [6, 6.07) is 61.4. The van der Waals surface area contributed by atoms with Crippen LogP contribution in [-0.2, 0) is 4.57 Å². The van der Waals surface area contributed by atoms with Crippen molar-refractivity contribution in [2.75, 3.05) is 0 Å². The molecule has 0 aliphatic carbocycles. The van der Waals surface area contributed by atoms with Crippen molar-refractivity contribution in [3.63, 3.8) is 0 Å². The summed E-state index contributed by atoms with van der Waals surface area (Å²) in [6.07, 6.45) is 0. The zero-order chi connectivity index (χ0) is 26.8. The Kier molecular flexibility index (Phi) is 8.70. The highest BCUT2D eigenvalue weighted by atomic mass is 31.1. The summed E-state index contributed by atoms with van der Waals surface area (Å²) in [5.74, 6) is 0. The van der Waals surface area contributed by atoms with Gasteiger partial charge in [-0.15, -0.1) is 0 Å². The summed E-state index contributed by atoms with van der Waals surface area (Å²) in [4.78, 5) is 0. The van der Waals surface area contributed by atoms with Crippen LogP contribution in [-0.4, -0.2) is 8.07 Å². The summed E-state index contributed by atoms with van der Waals surface area (Å²) in [5, 5.41) is 6.12. The van der Waals surface area contributed by atoms with Crippen molar-refractivity contribution in [2.24, 2.45) is 0 Å². The second kappa shape index (κ2) is 12.9. The highest BCUT2D eigenvalue weighted by molar-refractivity contribution is 7.34. The normalized spacial score (nSPS) is 10.9. The Labute approximate surface area is 233 Å². The van der Waals surface area contributed by atoms with Gasteiger partial charge in [-0.25, -0.2) is 0 Å². The molecule has 0 unspecified atom stereocenters. The van der Waals surface area contributed by atoms with E-state index >= 15 is 0 Å². The van der Waals surface area contributed by atoms with E-state index in [9.17, 15) is 4.57 Å². The molecule has 6 rings (SSSR count). The van der Waals surface area contributed by atoms with E-state index in [1.807, 2.05) is 24.3 Å². The first-order valence-electron chi connectivity index (χ1n) is 13.0. The SMILES string of the molecule is O=Pc1ccc([Si](c2ccccc2)(c2ccccc2)c2ccccc2)cc1.c1ccc(-c2ccccc2)cc1. The van der Waals surface area contributed by atoms with Gasteiger partial charge in [-0.1, -0.05) is 164 Å². The van der Waals surface area contributed by atoms with Crippen LogP contribution in [0.25, 0.3) is 11.1 Å². The predicted molar refractivity (Wildman–Crippen MR) is 169 cm³/mol. The van der Waals surface area contributed by atoms with Gasteiger partial charge in [-0.2, -0.15) is 0 Å². The molecule has 0 radical (unpaired) electrons. The van der Waals surface area contributed by atoms with E-state index in [1.165, 1.54) is 31.9 Å². The minimum Gasteiger partial charge on any atom is -0.269 e. The third-order valence-corrected chi connectivity index (χ3v) is 12.2. The summed E-state index contributed by atoms with van der Waals surface area (Å²) in [6.45, 7) is 0. The van der Waals surface area contributed by atoms with Crippen LogP contribution in [0.3, 0.4) is 0 Å². The molecule has 3 heteroatoms. The smallest absolute Gasteiger partial charge is 0.192 e. The second-order valence-corrected chi connectivity index (χ2v) is 13.7. The Balaban J connectivity index is 0.000000214. The van der Waals surface area contributed by atoms with Crippen molar-refractivity contribution in [2.45, 2.75) is 0 Å². The van der Waals surface area contributed by atoms with E-state index in [0.29, 0.717) is 0 Å². The van der Waals surface area contributed by atoms with Crippen molar-refractivity contribution in [1.82, 2.24) is 0 Å². The van der Waals surface area contributed by atoms with Gasteiger partial charge in [0, 0.05) is 5.30 Å². The maximum absolute atomic E-state index is 11.3. The maximum atomic E-state index is 11.3. The van der Waals surface area contributed by atoms with E-state index in [0.717, 1.165) is 5.30 Å². The van der Waals surface area contributed by atoms with Crippen LogP contribution < -0.4 is 26.1 Å². The molecule has 0 amide bonds. The van der Waals surface area contributed by atoms with Gasteiger partial charge in [-0.05, 0) is 44.0 Å². The Morgan fingerprint density at radius 1 is 0.333 bits per heavy atom. The van der Waals surface area contributed by atoms with E-state index in [1.54, 1.807) is 0 Å². The van der Waals surface area contributed by atoms with Crippen LogP contribution in [0.2, 0.25) is 0 Å². The first-order chi connectivity index (χ1) is 19.3. The number of hydrogen-bond acceptors (Lipinski definition) is 1. The molecule has 0 aliphatic rings. The van der Waals surface area contributed by atoms with Gasteiger partial charge in [0.1, 0.15) is 0 Å². The average molecular weight is 537 g/mol. The fourth-order valence-corrected chi connectivity index (χ4v) is 10.1. The minimum absolute atomic E-state index is 0.0579. The molecule has 39 heavy (non-hydrogen) atoms. The predicted octanol–water partition coefficient (Wildman–Crippen LogP) is 6.33. The molecule has 6 aromatic rings. The highest BCUT2D eigenvalue weighted by Crippen LogP contribution is 2.17. The summed E-state index contributed by atoms with van der Waals surface area (Å²) < 4.78 is 11.3. The van der Waals surface area contributed by atoms with Gasteiger partial charge < -0.3 is 0 Å². The molecule has 0 N–H and O–H groups in total. The molecule has 0 saturated heterocycles. The Morgan fingerprint density at radius 2 is 0.615 bits per heavy atom. The van der Waals surface area contributed by atoms with E-state index in [4.69, 9.17) is 0 Å². The third kappa shape index (κ3) is 5.88. The van der Waals surface area contributed by atoms with Crippen LogP contribution in [0.1, 0.15) is 0 Å². The quantitative estimate of drug-likeness (QED) is 0.138. The number of hydrogen-bond donors (Lipinski definition) is 0. The van der Waals surface area contributed by atoms with E-state index in [2.05, 4.69) is 152 Å². The van der Waals surface area contributed by atoms with Crippen LogP contribution in [0.15, 0.2) is 176 Å². The van der Waals surface area contributed by atoms with Crippen molar-refractivity contribution in [1.29, 1.82) is 0 Å². The Bertz CT molecular complexity index is 1440. The molecule has 6 aromatic carbocycles. The molecule has 0 heterocycles. The zero-order valence-electron chi connectivity index (χ0n) is 21.6. The van der Waals surface area contributed by atoms with Gasteiger partial charge in [0.2, 0.25) is 0 Å². The van der Waals surface area contributed by atoms with Crippen LogP contribution in [0.5, 0.6) is 0 Å². The molecule has 1 nitrogen and oxygen atoms in total. The van der Waals surface area contributed by atoms with Crippen molar-refractivity contribution in [3.05, 3.63) is 176 Å². The first-order valence-corrected chi connectivity index (χ1v) is 15.8. The summed E-state index contributed by atoms with van der Waals surface area (Å²) in [7, 11) is -2.38. The lowest BCUT2D eigenvalue weighted by molar-refractivity contribution is 0.603. The molecule has 0 saturated carbocycles. The molecular weight excluding hydrogens is 507 g/mol. The second-order valence-electron chi connectivity index (χ2n) is 9.22. The lowest BCUT2D eigenvalue weighted by Crippen LogP contribution is -2.74. The first kappa shape index (κ1) is 26.3. The molecule has 0 aromatic heterocycles. The van der Waals surface area contributed by atoms with E-state index in [-0.39, 0.29) is 8.46 Å². The topological polar surface area (TPSA) is 17.1 Å². The van der Waals surface area contributed by atoms with Crippen molar-refractivity contribution >= 4 is 42.6 Å². The van der Waals surface area contributed by atoms with Crippen molar-refractivity contribution < 1.29 is 4.57 Å². The third-order valence-electron chi connectivity index (χ3n) is 6.91. The standard InChI is InChI=1S/C24H19OPSi.C12H10/c25-26-20-16-18-24(19-17-20)27(21-10-4-1-5-11-21,22-12-6-2-7-13-22)23-14-8-3-9-15-23;1-3-7-11(8-4-1)12-9-5-2-6-10-12/h1-19H;1-10H. The van der Waals surface area contributed by atoms with Gasteiger partial charge >= 0.3 is 0 Å². The Morgan fingerprint density at radius 3 is 0.923 bits per heavy atom. The number of rotatable bonds is 6. The van der Waals surface area contributed by atoms with Gasteiger partial charge in [-0.3, -0.25) is 4.57 Å². The maximum Gasteiger partial charge on any atom is 0.192 e. The Hall–Kier alpha value is -4.36. The summed E-state index contributed by atoms with van der Waals surface area (Å²) >= 11 is 0. The lowest BCUT2D eigenvalue weighted by atomic mass is 10.1. The van der Waals surface area contributed by atoms with E-state index < -0.39 is 8.07 Å². The molecule has 0 atom stereocenters. The molecule has 188 valence electrons. The van der Waals surface area contributed by atoms with Gasteiger partial charge in [0.15, 0.2) is 16.5 Å². The lowest BCUT2D eigenvalue weighted by Gasteiger charge is -2.34. The van der Waals surface area contributed by atoms with Gasteiger partial charge in [0.25, 0.3) is 0 Å². The van der Waals surface area contributed by atoms with Crippen LogP contribution in [0, 0.1) is 0 Å². The highest BCUT2D eigenvalue weighted by Gasteiger charge is 2.41. The monoisotopic (exact) mass is 536 g/mol. The molecule has 0 fully saturated rings. The molecule has 0 aliphatic heterocycles. The fraction of sp³-hybridized carbons (Fsp3) is 0. The average Bonchev–Trinajstić information content (AvgIpc) is 3.04. The van der Waals surface area contributed by atoms with Crippen molar-refractivity contribution in [3.8, 4) is 11.1 Å². The van der Waals surface area contributed by atoms with Gasteiger partial charge in [0.05, 0.1) is 0 Å². The summed E-state index contributed by atoms with van der Waals surface area (Å²) in [5.41, 5.74) is 2.55. The molecular formula is C36H29OPSi.